The van der Waals surface area contributed by atoms with E-state index in [4.69, 9.17) is 16.3 Å². The summed E-state index contributed by atoms with van der Waals surface area (Å²) in [5.74, 6) is 0.980. The van der Waals surface area contributed by atoms with Crippen LogP contribution in [0.4, 0.5) is 5.69 Å². The second kappa shape index (κ2) is 9.30. The molecule has 1 saturated heterocycles. The highest BCUT2D eigenvalue weighted by Gasteiger charge is 2.25. The van der Waals surface area contributed by atoms with E-state index in [-0.39, 0.29) is 5.91 Å². The van der Waals surface area contributed by atoms with Gasteiger partial charge in [0.25, 0.3) is 5.91 Å². The van der Waals surface area contributed by atoms with Crippen LogP contribution in [0.1, 0.15) is 11.1 Å². The number of methoxy groups -OCH3 is 1. The summed E-state index contributed by atoms with van der Waals surface area (Å²) in [5.41, 5.74) is 3.46. The third kappa shape index (κ3) is 4.97. The van der Waals surface area contributed by atoms with Gasteiger partial charge in [-0.05, 0) is 30.7 Å². The zero-order valence-electron chi connectivity index (χ0n) is 16.9. The van der Waals surface area contributed by atoms with Crippen LogP contribution in [0, 0.1) is 6.92 Å². The van der Waals surface area contributed by atoms with E-state index in [0.717, 1.165) is 42.5 Å². The lowest BCUT2D eigenvalue weighted by Crippen LogP contribution is -3.15. The summed E-state index contributed by atoms with van der Waals surface area (Å²) in [6.45, 7) is 6.94. The molecule has 0 aromatic heterocycles. The molecule has 1 aliphatic heterocycles. The van der Waals surface area contributed by atoms with Gasteiger partial charge in [0.2, 0.25) is 0 Å². The summed E-state index contributed by atoms with van der Waals surface area (Å²) in [6, 6.07) is 13.9. The largest absolute Gasteiger partial charge is 0.496 e. The van der Waals surface area contributed by atoms with Gasteiger partial charge >= 0.3 is 0 Å². The minimum absolute atomic E-state index is 0.160. The number of amides is 1. The van der Waals surface area contributed by atoms with Crippen LogP contribution in [-0.4, -0.2) is 57.7 Å². The van der Waals surface area contributed by atoms with Crippen molar-refractivity contribution in [3.05, 3.63) is 58.6 Å². The first kappa shape index (κ1) is 20.5. The van der Waals surface area contributed by atoms with Crippen LogP contribution in [0.25, 0.3) is 0 Å². The molecule has 5 nitrogen and oxygen atoms in total. The number of aryl methyl sites for hydroxylation is 1. The van der Waals surface area contributed by atoms with Crippen LogP contribution >= 0.6 is 11.6 Å². The van der Waals surface area contributed by atoms with Crippen molar-refractivity contribution < 1.29 is 14.4 Å². The van der Waals surface area contributed by atoms with Crippen molar-refractivity contribution in [2.24, 2.45) is 0 Å². The molecule has 1 fully saturated rings. The van der Waals surface area contributed by atoms with Crippen molar-refractivity contribution >= 4 is 23.2 Å². The third-order valence-corrected chi connectivity index (χ3v) is 5.64. The number of rotatable bonds is 6. The molecule has 0 saturated carbocycles. The molecule has 150 valence electrons. The van der Waals surface area contributed by atoms with Crippen molar-refractivity contribution in [2.75, 3.05) is 51.8 Å². The SMILES string of the molecule is COc1ccccc1CN(C)C(=O)C[NH+]1CCN(c2cc(Cl)ccc2C)CC1. The zero-order chi connectivity index (χ0) is 20.1. The fraction of sp³-hybridized carbons (Fsp3) is 0.409. The number of quaternary nitrogens is 1. The van der Waals surface area contributed by atoms with Crippen molar-refractivity contribution in [1.82, 2.24) is 4.90 Å². The van der Waals surface area contributed by atoms with E-state index >= 15 is 0 Å². The van der Waals surface area contributed by atoms with Crippen LogP contribution in [0.3, 0.4) is 0 Å². The summed E-state index contributed by atoms with van der Waals surface area (Å²) in [4.78, 5) is 18.2. The van der Waals surface area contributed by atoms with Gasteiger partial charge in [-0.15, -0.1) is 0 Å². The summed E-state index contributed by atoms with van der Waals surface area (Å²) >= 11 is 6.17. The maximum absolute atomic E-state index is 12.7. The van der Waals surface area contributed by atoms with Crippen molar-refractivity contribution in [2.45, 2.75) is 13.5 Å². The highest BCUT2D eigenvalue weighted by Crippen LogP contribution is 2.24. The molecule has 1 aliphatic rings. The van der Waals surface area contributed by atoms with Gasteiger partial charge in [-0.25, -0.2) is 0 Å². The van der Waals surface area contributed by atoms with Gasteiger partial charge in [-0.3, -0.25) is 4.79 Å². The number of nitrogens with one attached hydrogen (secondary N) is 1. The Hall–Kier alpha value is -2.24. The quantitative estimate of drug-likeness (QED) is 0.803. The Morgan fingerprint density at radius 1 is 1.21 bits per heavy atom. The van der Waals surface area contributed by atoms with Gasteiger partial charge < -0.3 is 19.4 Å². The molecule has 3 rings (SSSR count). The number of hydrogen-bond acceptors (Lipinski definition) is 3. The average Bonchev–Trinajstić information content (AvgIpc) is 2.71. The summed E-state index contributed by atoms with van der Waals surface area (Å²) in [6.07, 6.45) is 0. The Balaban J connectivity index is 1.52. The number of likely N-dealkylation sites (N-methyl/N-ethyl adjacent to an activating group) is 1. The molecule has 2 aromatic rings. The van der Waals surface area contributed by atoms with Crippen LogP contribution in [-0.2, 0) is 11.3 Å². The van der Waals surface area contributed by atoms with Crippen LogP contribution < -0.4 is 14.5 Å². The molecule has 2 aromatic carbocycles. The molecule has 0 aliphatic carbocycles. The van der Waals surface area contributed by atoms with E-state index < -0.39 is 0 Å². The summed E-state index contributed by atoms with van der Waals surface area (Å²) in [5, 5.41) is 0.767. The van der Waals surface area contributed by atoms with Gasteiger partial charge in [-0.2, -0.15) is 0 Å². The second-order valence-electron chi connectivity index (χ2n) is 7.41. The standard InChI is InChI=1S/C22H28ClN3O2/c1-17-8-9-19(23)14-20(17)26-12-10-25(11-13-26)16-22(27)24(2)15-18-6-4-5-7-21(18)28-3/h4-9,14H,10-13,15-16H2,1-3H3/p+1. The monoisotopic (exact) mass is 402 g/mol. The Bertz CT molecular complexity index is 819. The Labute approximate surface area is 172 Å². The van der Waals surface area contributed by atoms with E-state index in [0.29, 0.717) is 13.1 Å². The maximum Gasteiger partial charge on any atom is 0.277 e. The summed E-state index contributed by atoms with van der Waals surface area (Å²) < 4.78 is 5.39. The molecular weight excluding hydrogens is 374 g/mol. The minimum atomic E-state index is 0.160. The van der Waals surface area contributed by atoms with E-state index in [9.17, 15) is 4.79 Å². The Morgan fingerprint density at radius 3 is 2.64 bits per heavy atom. The second-order valence-corrected chi connectivity index (χ2v) is 7.84. The lowest BCUT2D eigenvalue weighted by atomic mass is 10.1. The highest BCUT2D eigenvalue weighted by atomic mass is 35.5. The molecule has 1 N–H and O–H groups in total. The number of carbonyl (C=O) groups is 1. The zero-order valence-corrected chi connectivity index (χ0v) is 17.6. The summed E-state index contributed by atoms with van der Waals surface area (Å²) in [7, 11) is 3.52. The Kier molecular flexibility index (Phi) is 6.81. The lowest BCUT2D eigenvalue weighted by molar-refractivity contribution is -0.892. The van der Waals surface area contributed by atoms with Crippen molar-refractivity contribution in [3.63, 3.8) is 0 Å². The van der Waals surface area contributed by atoms with E-state index in [1.54, 1.807) is 12.0 Å². The molecule has 0 radical (unpaired) electrons. The molecule has 28 heavy (non-hydrogen) atoms. The van der Waals surface area contributed by atoms with Crippen LogP contribution in [0.2, 0.25) is 5.02 Å². The molecule has 0 unspecified atom stereocenters. The number of nitrogens with zero attached hydrogens (tertiary/aromatic N) is 2. The predicted octanol–water partition coefficient (Wildman–Crippen LogP) is 2.02. The number of para-hydroxylation sites is 1. The van der Waals surface area contributed by atoms with Gasteiger partial charge in [-0.1, -0.05) is 35.9 Å². The first-order valence-electron chi connectivity index (χ1n) is 9.68. The maximum atomic E-state index is 12.7. The van der Waals surface area contributed by atoms with Crippen molar-refractivity contribution in [3.8, 4) is 5.75 Å². The van der Waals surface area contributed by atoms with Gasteiger partial charge in [0.1, 0.15) is 5.75 Å². The normalized spacial score (nSPS) is 14.8. The van der Waals surface area contributed by atoms with Gasteiger partial charge in [0, 0.05) is 29.9 Å². The fourth-order valence-corrected chi connectivity index (χ4v) is 3.86. The predicted molar refractivity (Wildman–Crippen MR) is 113 cm³/mol. The van der Waals surface area contributed by atoms with Crippen LogP contribution in [0.15, 0.2) is 42.5 Å². The molecule has 0 spiro atoms. The first-order chi connectivity index (χ1) is 13.5. The molecule has 1 amide bonds. The molecule has 0 bridgehead atoms. The van der Waals surface area contributed by atoms with E-state index in [2.05, 4.69) is 17.9 Å². The number of ether oxygens (including phenoxy) is 1. The smallest absolute Gasteiger partial charge is 0.277 e. The lowest BCUT2D eigenvalue weighted by Gasteiger charge is -2.34. The van der Waals surface area contributed by atoms with E-state index in [1.165, 1.54) is 16.2 Å². The van der Waals surface area contributed by atoms with Crippen molar-refractivity contribution in [1.29, 1.82) is 0 Å². The number of hydrogen-bond donors (Lipinski definition) is 1. The fourth-order valence-electron chi connectivity index (χ4n) is 3.69. The van der Waals surface area contributed by atoms with Crippen LogP contribution in [0.5, 0.6) is 5.75 Å². The number of piperazine rings is 1. The molecular formula is C22H29ClN3O2+. The third-order valence-electron chi connectivity index (χ3n) is 5.41. The number of halogens is 1. The van der Waals surface area contributed by atoms with E-state index in [1.807, 2.05) is 43.4 Å². The molecule has 0 atom stereocenters. The highest BCUT2D eigenvalue weighted by molar-refractivity contribution is 6.30. The Morgan fingerprint density at radius 2 is 1.93 bits per heavy atom. The topological polar surface area (TPSA) is 37.2 Å². The number of anilines is 1. The van der Waals surface area contributed by atoms with Gasteiger partial charge in [0.05, 0.1) is 33.3 Å². The first-order valence-corrected chi connectivity index (χ1v) is 10.1. The molecule has 1 heterocycles. The average molecular weight is 403 g/mol. The minimum Gasteiger partial charge on any atom is -0.496 e. The number of benzene rings is 2. The number of carbonyl (C=O) groups excluding carboxylic acids is 1. The van der Waals surface area contributed by atoms with Gasteiger partial charge in [0.15, 0.2) is 6.54 Å². The molecule has 6 heteroatoms.